The molecule has 0 aromatic heterocycles. The van der Waals surface area contributed by atoms with Gasteiger partial charge in [-0.1, -0.05) is 41.9 Å². The van der Waals surface area contributed by atoms with Gasteiger partial charge in [0.2, 0.25) is 5.91 Å². The summed E-state index contributed by atoms with van der Waals surface area (Å²) in [5.74, 6) is 0.0160. The number of piperazine rings is 1. The van der Waals surface area contributed by atoms with Crippen LogP contribution in [-0.4, -0.2) is 75.4 Å². The third kappa shape index (κ3) is 5.09. The second kappa shape index (κ2) is 11.0. The van der Waals surface area contributed by atoms with Gasteiger partial charge < -0.3 is 14.5 Å². The summed E-state index contributed by atoms with van der Waals surface area (Å²) in [5, 5.41) is 0.244. The molecule has 3 aromatic rings. The first-order chi connectivity index (χ1) is 19.1. The second-order valence-electron chi connectivity index (χ2n) is 9.94. The molecule has 1 atom stereocenters. The first kappa shape index (κ1) is 27.8. The number of urea groups is 1. The van der Waals surface area contributed by atoms with Crippen LogP contribution in [-0.2, 0) is 14.8 Å². The Bertz CT molecular complexity index is 1560. The normalized spacial score (nSPS) is 17.9. The summed E-state index contributed by atoms with van der Waals surface area (Å²) in [6, 6.07) is 16.9. The molecule has 0 spiro atoms. The predicted molar refractivity (Wildman–Crippen MR) is 155 cm³/mol. The number of nitrogens with zero attached hydrogens (tertiary/aromatic N) is 4. The first-order valence-corrected chi connectivity index (χ1v) is 14.8. The summed E-state index contributed by atoms with van der Waals surface area (Å²) in [6.45, 7) is 5.90. The molecule has 3 aromatic carbocycles. The molecule has 0 aliphatic carbocycles. The van der Waals surface area contributed by atoms with Crippen molar-refractivity contribution >= 4 is 44.9 Å². The van der Waals surface area contributed by atoms with E-state index in [0.717, 1.165) is 21.1 Å². The van der Waals surface area contributed by atoms with Crippen LogP contribution in [0.25, 0.3) is 0 Å². The fraction of sp³-hybridized carbons (Fsp3) is 0.310. The van der Waals surface area contributed by atoms with Gasteiger partial charge in [0, 0.05) is 37.9 Å². The minimum absolute atomic E-state index is 0.102. The molecule has 11 heteroatoms. The standard InChI is InChI=1S/C29H31ClN4O5S/c1-20-11-12-21(2)26(17-20)31-13-15-32(16-14-31)28(35)27-19-33(29(36)34(27)25-10-5-4-9-24(25)30)40(37,38)23-8-6-7-22(18-23)39-3/h4-12,17-18,27H,13-16,19H2,1-3H3. The zero-order chi connectivity index (χ0) is 28.6. The maximum Gasteiger partial charge on any atom is 0.339 e. The maximum absolute atomic E-state index is 13.9. The first-order valence-electron chi connectivity index (χ1n) is 13.0. The third-order valence-electron chi connectivity index (χ3n) is 7.39. The Kier molecular flexibility index (Phi) is 7.65. The fourth-order valence-corrected chi connectivity index (χ4v) is 6.83. The molecular formula is C29H31ClN4O5S. The molecule has 2 saturated heterocycles. The minimum Gasteiger partial charge on any atom is -0.497 e. The van der Waals surface area contributed by atoms with Crippen LogP contribution >= 0.6 is 11.6 Å². The Balaban J connectivity index is 1.43. The highest BCUT2D eigenvalue weighted by Gasteiger charge is 2.49. The zero-order valence-corrected chi connectivity index (χ0v) is 24.2. The molecule has 40 heavy (non-hydrogen) atoms. The number of benzene rings is 3. The van der Waals surface area contributed by atoms with Gasteiger partial charge in [-0.25, -0.2) is 17.5 Å². The summed E-state index contributed by atoms with van der Waals surface area (Å²) in [7, 11) is -2.85. The largest absolute Gasteiger partial charge is 0.497 e. The summed E-state index contributed by atoms with van der Waals surface area (Å²) in [4.78, 5) is 32.7. The SMILES string of the molecule is COc1cccc(S(=O)(=O)N2CC(C(=O)N3CCN(c4cc(C)ccc4C)CC3)N(c3ccccc3Cl)C2=O)c1. The smallest absolute Gasteiger partial charge is 0.339 e. The number of anilines is 2. The monoisotopic (exact) mass is 582 g/mol. The topological polar surface area (TPSA) is 90.5 Å². The molecule has 0 saturated carbocycles. The Hall–Kier alpha value is -3.76. The fourth-order valence-electron chi connectivity index (χ4n) is 5.21. The van der Waals surface area contributed by atoms with E-state index in [-0.39, 0.29) is 28.1 Å². The van der Waals surface area contributed by atoms with E-state index in [4.69, 9.17) is 16.3 Å². The van der Waals surface area contributed by atoms with Crippen molar-refractivity contribution in [2.45, 2.75) is 24.8 Å². The summed E-state index contributed by atoms with van der Waals surface area (Å²) < 4.78 is 33.2. The Labute approximate surface area is 239 Å². The lowest BCUT2D eigenvalue weighted by Crippen LogP contribution is -2.55. The number of aryl methyl sites for hydroxylation is 2. The number of hydrogen-bond donors (Lipinski definition) is 0. The molecule has 210 valence electrons. The summed E-state index contributed by atoms with van der Waals surface area (Å²) >= 11 is 6.45. The summed E-state index contributed by atoms with van der Waals surface area (Å²) in [6.07, 6.45) is 0. The molecule has 1 unspecified atom stereocenters. The average Bonchev–Trinajstić information content (AvgIpc) is 3.31. The minimum atomic E-state index is -4.29. The molecule has 0 N–H and O–H groups in total. The van der Waals surface area contributed by atoms with Crippen molar-refractivity contribution in [3.8, 4) is 5.75 Å². The number of methoxy groups -OCH3 is 1. The van der Waals surface area contributed by atoms with Crippen LogP contribution < -0.4 is 14.5 Å². The van der Waals surface area contributed by atoms with Gasteiger partial charge in [-0.05, 0) is 55.3 Å². The average molecular weight is 583 g/mol. The van der Waals surface area contributed by atoms with E-state index in [0.29, 0.717) is 31.9 Å². The maximum atomic E-state index is 13.9. The number of carbonyl (C=O) groups excluding carboxylic acids is 2. The van der Waals surface area contributed by atoms with Gasteiger partial charge >= 0.3 is 6.03 Å². The Morgan fingerprint density at radius 2 is 1.65 bits per heavy atom. The van der Waals surface area contributed by atoms with Gasteiger partial charge in [-0.15, -0.1) is 0 Å². The quantitative estimate of drug-likeness (QED) is 0.430. The Morgan fingerprint density at radius 3 is 2.35 bits per heavy atom. The molecule has 0 radical (unpaired) electrons. The van der Waals surface area contributed by atoms with Gasteiger partial charge in [0.05, 0.1) is 29.3 Å². The number of rotatable bonds is 6. The van der Waals surface area contributed by atoms with Crippen molar-refractivity contribution in [3.05, 3.63) is 82.9 Å². The van der Waals surface area contributed by atoms with Crippen molar-refractivity contribution in [2.75, 3.05) is 49.6 Å². The van der Waals surface area contributed by atoms with E-state index >= 15 is 0 Å². The predicted octanol–water partition coefficient (Wildman–Crippen LogP) is 4.31. The molecule has 2 fully saturated rings. The number of halogens is 1. The lowest BCUT2D eigenvalue weighted by Gasteiger charge is -2.38. The molecule has 0 bridgehead atoms. The number of hydrogen-bond acceptors (Lipinski definition) is 6. The molecule has 3 amide bonds. The van der Waals surface area contributed by atoms with Gasteiger partial charge in [0.25, 0.3) is 10.0 Å². The zero-order valence-electron chi connectivity index (χ0n) is 22.6. The van der Waals surface area contributed by atoms with Crippen molar-refractivity contribution in [2.24, 2.45) is 0 Å². The van der Waals surface area contributed by atoms with Crippen LogP contribution in [0, 0.1) is 13.8 Å². The number of para-hydroxylation sites is 1. The van der Waals surface area contributed by atoms with Gasteiger partial charge in [0.1, 0.15) is 11.8 Å². The highest BCUT2D eigenvalue weighted by Crippen LogP contribution is 2.35. The molecule has 5 rings (SSSR count). The van der Waals surface area contributed by atoms with Crippen LogP contribution in [0.2, 0.25) is 5.02 Å². The number of ether oxygens (including phenoxy) is 1. The van der Waals surface area contributed by atoms with E-state index in [1.807, 2.05) is 0 Å². The molecule has 2 aliphatic heterocycles. The van der Waals surface area contributed by atoms with E-state index in [2.05, 4.69) is 36.9 Å². The number of sulfonamides is 1. The van der Waals surface area contributed by atoms with Crippen LogP contribution in [0.1, 0.15) is 11.1 Å². The lowest BCUT2D eigenvalue weighted by atomic mass is 10.1. The molecule has 9 nitrogen and oxygen atoms in total. The van der Waals surface area contributed by atoms with Crippen molar-refractivity contribution in [1.29, 1.82) is 0 Å². The van der Waals surface area contributed by atoms with Crippen LogP contribution in [0.4, 0.5) is 16.2 Å². The van der Waals surface area contributed by atoms with Crippen molar-refractivity contribution < 1.29 is 22.7 Å². The summed E-state index contributed by atoms with van der Waals surface area (Å²) in [5.41, 5.74) is 3.74. The van der Waals surface area contributed by atoms with E-state index in [9.17, 15) is 18.0 Å². The highest BCUT2D eigenvalue weighted by molar-refractivity contribution is 7.89. The molecule has 2 aliphatic rings. The molecule has 2 heterocycles. The molecular weight excluding hydrogens is 552 g/mol. The lowest BCUT2D eigenvalue weighted by molar-refractivity contribution is -0.132. The Morgan fingerprint density at radius 1 is 0.925 bits per heavy atom. The van der Waals surface area contributed by atoms with Crippen LogP contribution in [0.3, 0.4) is 0 Å². The van der Waals surface area contributed by atoms with Gasteiger partial charge in [-0.2, -0.15) is 0 Å². The van der Waals surface area contributed by atoms with Crippen LogP contribution in [0.15, 0.2) is 71.6 Å². The number of amides is 3. The van der Waals surface area contributed by atoms with E-state index in [1.165, 1.54) is 30.2 Å². The van der Waals surface area contributed by atoms with E-state index in [1.54, 1.807) is 35.2 Å². The van der Waals surface area contributed by atoms with Crippen LogP contribution in [0.5, 0.6) is 5.75 Å². The van der Waals surface area contributed by atoms with Gasteiger partial charge in [-0.3, -0.25) is 9.69 Å². The van der Waals surface area contributed by atoms with E-state index < -0.39 is 22.1 Å². The van der Waals surface area contributed by atoms with Crippen molar-refractivity contribution in [1.82, 2.24) is 9.21 Å². The number of carbonyl (C=O) groups is 2. The van der Waals surface area contributed by atoms with Crippen molar-refractivity contribution in [3.63, 3.8) is 0 Å². The third-order valence-corrected chi connectivity index (χ3v) is 9.45. The second-order valence-corrected chi connectivity index (χ2v) is 12.2. The van der Waals surface area contributed by atoms with Gasteiger partial charge in [0.15, 0.2) is 0 Å². The highest BCUT2D eigenvalue weighted by atomic mass is 35.5.